The van der Waals surface area contributed by atoms with Crippen molar-refractivity contribution in [2.45, 2.75) is 30.0 Å². The minimum absolute atomic E-state index is 0.0402. The van der Waals surface area contributed by atoms with Crippen molar-refractivity contribution in [1.29, 1.82) is 0 Å². The number of aryl methyl sites for hydroxylation is 1. The average molecular weight is 325 g/mol. The highest BCUT2D eigenvalue weighted by atomic mass is 79.9. The fourth-order valence-corrected chi connectivity index (χ4v) is 4.09. The number of rotatable bonds is 4. The third-order valence-corrected chi connectivity index (χ3v) is 5.15. The Bertz CT molecular complexity index is 489. The molecule has 7 nitrogen and oxygen atoms in total. The third kappa shape index (κ3) is 2.51. The second-order valence-electron chi connectivity index (χ2n) is 3.96. The molecule has 17 heavy (non-hydrogen) atoms. The second-order valence-corrected chi connectivity index (χ2v) is 6.34. The van der Waals surface area contributed by atoms with Crippen molar-refractivity contribution >= 4 is 26.0 Å². The lowest BCUT2D eigenvalue weighted by atomic mass is 9.90. The number of halogens is 1. The van der Waals surface area contributed by atoms with E-state index in [1.54, 1.807) is 7.11 Å². The molecule has 0 unspecified atom stereocenters. The van der Waals surface area contributed by atoms with Gasteiger partial charge in [0.05, 0.1) is 6.10 Å². The van der Waals surface area contributed by atoms with Crippen LogP contribution in [-0.2, 0) is 21.8 Å². The molecule has 1 N–H and O–H groups in total. The number of ether oxygens (including phenoxy) is 1. The number of hydrogen-bond acceptors (Lipinski definition) is 5. The maximum Gasteiger partial charge on any atom is 0.260 e. The van der Waals surface area contributed by atoms with Gasteiger partial charge in [0.1, 0.15) is 0 Å². The lowest BCUT2D eigenvalue weighted by Gasteiger charge is -2.34. The summed E-state index contributed by atoms with van der Waals surface area (Å²) in [6, 6.07) is -0.0771. The molecular formula is C8H13BrN4O3S. The number of nitrogens with one attached hydrogen (secondary N) is 1. The van der Waals surface area contributed by atoms with Crippen molar-refractivity contribution in [2.75, 3.05) is 7.11 Å². The van der Waals surface area contributed by atoms with Gasteiger partial charge in [-0.15, -0.1) is 5.10 Å². The van der Waals surface area contributed by atoms with E-state index in [0.29, 0.717) is 12.8 Å². The molecule has 9 heteroatoms. The van der Waals surface area contributed by atoms with E-state index in [0.717, 1.165) is 0 Å². The van der Waals surface area contributed by atoms with Crippen molar-refractivity contribution in [3.05, 3.63) is 4.60 Å². The molecule has 0 aromatic carbocycles. The fraction of sp³-hybridized carbons (Fsp3) is 0.750. The van der Waals surface area contributed by atoms with Gasteiger partial charge in [-0.05, 0) is 28.8 Å². The Morgan fingerprint density at radius 3 is 2.65 bits per heavy atom. The van der Waals surface area contributed by atoms with E-state index in [2.05, 4.69) is 31.0 Å². The lowest BCUT2D eigenvalue weighted by Crippen LogP contribution is -2.47. The van der Waals surface area contributed by atoms with Gasteiger partial charge in [0, 0.05) is 20.2 Å². The monoisotopic (exact) mass is 324 g/mol. The first kappa shape index (κ1) is 12.9. The number of methoxy groups -OCH3 is 1. The molecule has 1 saturated carbocycles. The van der Waals surface area contributed by atoms with Gasteiger partial charge in [0.2, 0.25) is 5.03 Å². The van der Waals surface area contributed by atoms with Crippen LogP contribution < -0.4 is 4.72 Å². The standard InChI is InChI=1S/C8H13BrN4O3S/c1-13-8(7(9)10-12-13)17(14,15)11-5-3-6(4-5)16-2/h5-6,11H,3-4H2,1-2H3. The maximum absolute atomic E-state index is 12.1. The molecule has 1 aliphatic rings. The molecule has 1 heterocycles. The summed E-state index contributed by atoms with van der Waals surface area (Å²) < 4.78 is 33.2. The van der Waals surface area contributed by atoms with E-state index >= 15 is 0 Å². The van der Waals surface area contributed by atoms with Gasteiger partial charge in [-0.3, -0.25) is 0 Å². The Kier molecular flexibility index (Phi) is 3.53. The van der Waals surface area contributed by atoms with Crippen molar-refractivity contribution in [3.8, 4) is 0 Å². The highest BCUT2D eigenvalue weighted by Crippen LogP contribution is 2.25. The molecule has 1 aromatic heterocycles. The van der Waals surface area contributed by atoms with E-state index in [-0.39, 0.29) is 21.8 Å². The Morgan fingerprint density at radius 1 is 1.53 bits per heavy atom. The maximum atomic E-state index is 12.1. The minimum atomic E-state index is -3.58. The van der Waals surface area contributed by atoms with E-state index in [1.165, 1.54) is 11.7 Å². The van der Waals surface area contributed by atoms with Gasteiger partial charge < -0.3 is 4.74 Å². The van der Waals surface area contributed by atoms with Crippen LogP contribution in [0.2, 0.25) is 0 Å². The summed E-state index contributed by atoms with van der Waals surface area (Å²) in [4.78, 5) is 0. The quantitative estimate of drug-likeness (QED) is 0.844. The van der Waals surface area contributed by atoms with E-state index in [4.69, 9.17) is 4.74 Å². The van der Waals surface area contributed by atoms with Gasteiger partial charge in [-0.2, -0.15) is 0 Å². The van der Waals surface area contributed by atoms with Crippen LogP contribution in [0.4, 0.5) is 0 Å². The SMILES string of the molecule is COC1CC(NS(=O)(=O)c2c(Br)nnn2C)C1. The molecule has 1 aliphatic carbocycles. The van der Waals surface area contributed by atoms with Crippen LogP contribution in [0.25, 0.3) is 0 Å². The lowest BCUT2D eigenvalue weighted by molar-refractivity contribution is 0.0236. The predicted octanol–water partition coefficient (Wildman–Crippen LogP) is 0.0333. The summed E-state index contributed by atoms with van der Waals surface area (Å²) >= 11 is 3.07. The van der Waals surface area contributed by atoms with Crippen LogP contribution in [0.3, 0.4) is 0 Å². The highest BCUT2D eigenvalue weighted by molar-refractivity contribution is 9.10. The molecule has 0 spiro atoms. The van der Waals surface area contributed by atoms with Gasteiger partial charge in [0.25, 0.3) is 10.0 Å². The largest absolute Gasteiger partial charge is 0.381 e. The Labute approximate surface area is 108 Å². The normalized spacial score (nSPS) is 24.6. The average Bonchev–Trinajstić information content (AvgIpc) is 2.52. The van der Waals surface area contributed by atoms with Gasteiger partial charge in [0.15, 0.2) is 4.60 Å². The molecule has 2 rings (SSSR count). The summed E-state index contributed by atoms with van der Waals surface area (Å²) in [5, 5.41) is 7.33. The topological polar surface area (TPSA) is 86.1 Å². The number of aromatic nitrogens is 3. The molecular weight excluding hydrogens is 312 g/mol. The first-order valence-electron chi connectivity index (χ1n) is 5.04. The van der Waals surface area contributed by atoms with Crippen molar-refractivity contribution in [1.82, 2.24) is 19.7 Å². The number of hydrogen-bond donors (Lipinski definition) is 1. The number of nitrogens with zero attached hydrogens (tertiary/aromatic N) is 3. The minimum Gasteiger partial charge on any atom is -0.381 e. The van der Waals surface area contributed by atoms with Crippen molar-refractivity contribution in [2.24, 2.45) is 7.05 Å². The molecule has 0 bridgehead atoms. The van der Waals surface area contributed by atoms with Gasteiger partial charge in [-0.1, -0.05) is 5.21 Å². The third-order valence-electron chi connectivity index (χ3n) is 2.74. The zero-order valence-corrected chi connectivity index (χ0v) is 11.8. The Balaban J connectivity index is 2.10. The van der Waals surface area contributed by atoms with Crippen molar-refractivity contribution < 1.29 is 13.2 Å². The van der Waals surface area contributed by atoms with Crippen LogP contribution in [0, 0.1) is 0 Å². The van der Waals surface area contributed by atoms with Crippen LogP contribution in [0.1, 0.15) is 12.8 Å². The van der Waals surface area contributed by atoms with Gasteiger partial charge in [-0.25, -0.2) is 17.8 Å². The van der Waals surface area contributed by atoms with Crippen molar-refractivity contribution in [3.63, 3.8) is 0 Å². The van der Waals surface area contributed by atoms with Crippen LogP contribution >= 0.6 is 15.9 Å². The van der Waals surface area contributed by atoms with E-state index in [9.17, 15) is 8.42 Å². The van der Waals surface area contributed by atoms with Crippen LogP contribution in [-0.4, -0.2) is 42.7 Å². The van der Waals surface area contributed by atoms with E-state index in [1.807, 2.05) is 0 Å². The predicted molar refractivity (Wildman–Crippen MR) is 62.8 cm³/mol. The fourth-order valence-electron chi connectivity index (χ4n) is 1.74. The molecule has 0 atom stereocenters. The second kappa shape index (κ2) is 4.63. The number of sulfonamides is 1. The summed E-state index contributed by atoms with van der Waals surface area (Å²) in [7, 11) is -0.430. The molecule has 1 aromatic rings. The van der Waals surface area contributed by atoms with Crippen LogP contribution in [0.15, 0.2) is 9.63 Å². The smallest absolute Gasteiger partial charge is 0.260 e. The zero-order chi connectivity index (χ0) is 12.6. The molecule has 96 valence electrons. The molecule has 0 saturated heterocycles. The summed E-state index contributed by atoms with van der Waals surface area (Å²) in [5.74, 6) is 0. The molecule has 0 aliphatic heterocycles. The summed E-state index contributed by atoms with van der Waals surface area (Å²) in [6.07, 6.45) is 1.54. The first-order chi connectivity index (χ1) is 7.94. The zero-order valence-electron chi connectivity index (χ0n) is 9.42. The Morgan fingerprint density at radius 2 is 2.18 bits per heavy atom. The molecule has 1 fully saturated rings. The summed E-state index contributed by atoms with van der Waals surface area (Å²) in [6.45, 7) is 0. The van der Waals surface area contributed by atoms with E-state index < -0.39 is 10.0 Å². The summed E-state index contributed by atoms with van der Waals surface area (Å²) in [5.41, 5.74) is 0. The highest BCUT2D eigenvalue weighted by Gasteiger charge is 2.34. The Hall–Kier alpha value is -0.510. The van der Waals surface area contributed by atoms with Gasteiger partial charge >= 0.3 is 0 Å². The first-order valence-corrected chi connectivity index (χ1v) is 7.32. The molecule has 0 amide bonds. The van der Waals surface area contributed by atoms with Crippen LogP contribution in [0.5, 0.6) is 0 Å². The molecule has 0 radical (unpaired) electrons.